The van der Waals surface area contributed by atoms with Crippen LogP contribution in [0.25, 0.3) is 0 Å². The summed E-state index contributed by atoms with van der Waals surface area (Å²) in [6.45, 7) is 1.57. The zero-order valence-corrected chi connectivity index (χ0v) is 6.68. The lowest BCUT2D eigenvalue weighted by Crippen LogP contribution is -2.35. The number of hydrogen-bond acceptors (Lipinski definition) is 3. The summed E-state index contributed by atoms with van der Waals surface area (Å²) >= 11 is 0. The fourth-order valence-corrected chi connectivity index (χ4v) is 2.32. The highest BCUT2D eigenvalue weighted by atomic mass is 16.5. The number of nitrogens with two attached hydrogens (primary N) is 1. The molecule has 2 bridgehead atoms. The molecule has 1 aliphatic heterocycles. The van der Waals surface area contributed by atoms with Crippen molar-refractivity contribution < 1.29 is 9.84 Å². The predicted octanol–water partition coefficient (Wildman–Crippen LogP) is -0.123. The SMILES string of the molecule is NCC12CCC(CO)(CO1)C2. The minimum atomic E-state index is -0.0667. The predicted molar refractivity (Wildman–Crippen MR) is 41.1 cm³/mol. The second kappa shape index (κ2) is 2.19. The van der Waals surface area contributed by atoms with Crippen LogP contribution in [-0.4, -0.2) is 30.5 Å². The maximum atomic E-state index is 9.13. The van der Waals surface area contributed by atoms with Crippen molar-refractivity contribution in [2.75, 3.05) is 19.8 Å². The van der Waals surface area contributed by atoms with Crippen LogP contribution in [0.1, 0.15) is 19.3 Å². The third-order valence-electron chi connectivity index (χ3n) is 3.20. The van der Waals surface area contributed by atoms with E-state index in [0.717, 1.165) is 19.3 Å². The maximum absolute atomic E-state index is 9.13. The Bertz CT molecular complexity index is 143. The van der Waals surface area contributed by atoms with Gasteiger partial charge in [-0.3, -0.25) is 0 Å². The molecule has 0 aromatic carbocycles. The smallest absolute Gasteiger partial charge is 0.0811 e. The zero-order valence-electron chi connectivity index (χ0n) is 6.68. The number of ether oxygens (including phenoxy) is 1. The van der Waals surface area contributed by atoms with E-state index in [2.05, 4.69) is 0 Å². The summed E-state index contributed by atoms with van der Waals surface area (Å²) < 4.78 is 5.60. The Balaban J connectivity index is 2.15. The fourth-order valence-electron chi connectivity index (χ4n) is 2.32. The molecule has 0 aromatic rings. The summed E-state index contributed by atoms with van der Waals surface area (Å²) in [6, 6.07) is 0. The normalized spacial score (nSPS) is 48.5. The number of hydrogen-bond donors (Lipinski definition) is 2. The summed E-state index contributed by atoms with van der Waals surface area (Å²) in [5.41, 5.74) is 5.62. The van der Waals surface area contributed by atoms with E-state index in [1.54, 1.807) is 0 Å². The third kappa shape index (κ3) is 0.916. The molecule has 2 atom stereocenters. The molecule has 1 saturated heterocycles. The summed E-state index contributed by atoms with van der Waals surface area (Å²) in [4.78, 5) is 0. The van der Waals surface area contributed by atoms with Gasteiger partial charge in [-0.15, -0.1) is 0 Å². The second-order valence-corrected chi connectivity index (χ2v) is 4.01. The largest absolute Gasteiger partial charge is 0.396 e. The highest BCUT2D eigenvalue weighted by Crippen LogP contribution is 2.51. The molecule has 3 heteroatoms. The molecule has 0 radical (unpaired) electrons. The van der Waals surface area contributed by atoms with Crippen molar-refractivity contribution in [3.05, 3.63) is 0 Å². The van der Waals surface area contributed by atoms with Gasteiger partial charge in [-0.2, -0.15) is 0 Å². The average Bonchev–Trinajstić information content (AvgIpc) is 2.61. The standard InChI is InChI=1S/C8H15NO2/c9-4-8-2-1-7(3-8,5-10)6-11-8/h10H,1-6,9H2. The molecule has 3 N–H and O–H groups in total. The Morgan fingerprint density at radius 2 is 2.27 bits per heavy atom. The van der Waals surface area contributed by atoms with E-state index < -0.39 is 0 Å². The van der Waals surface area contributed by atoms with Crippen LogP contribution in [-0.2, 0) is 4.74 Å². The number of fused-ring (bicyclic) bond motifs is 2. The van der Waals surface area contributed by atoms with Crippen molar-refractivity contribution in [3.8, 4) is 0 Å². The second-order valence-electron chi connectivity index (χ2n) is 4.01. The van der Waals surface area contributed by atoms with Gasteiger partial charge in [0.15, 0.2) is 0 Å². The van der Waals surface area contributed by atoms with Gasteiger partial charge in [0.25, 0.3) is 0 Å². The Hall–Kier alpha value is -0.120. The topological polar surface area (TPSA) is 55.5 Å². The Morgan fingerprint density at radius 3 is 2.55 bits per heavy atom. The van der Waals surface area contributed by atoms with E-state index in [0.29, 0.717) is 13.2 Å². The lowest BCUT2D eigenvalue weighted by molar-refractivity contribution is -0.0302. The fraction of sp³-hybridized carbons (Fsp3) is 1.00. The van der Waals surface area contributed by atoms with Crippen molar-refractivity contribution in [3.63, 3.8) is 0 Å². The molecule has 1 saturated carbocycles. The van der Waals surface area contributed by atoms with Crippen molar-refractivity contribution in [1.29, 1.82) is 0 Å². The molecule has 0 spiro atoms. The van der Waals surface area contributed by atoms with Gasteiger partial charge in [-0.25, -0.2) is 0 Å². The van der Waals surface area contributed by atoms with Crippen LogP contribution in [0.2, 0.25) is 0 Å². The van der Waals surface area contributed by atoms with Crippen molar-refractivity contribution >= 4 is 0 Å². The molecule has 2 rings (SSSR count). The highest BCUT2D eigenvalue weighted by molar-refractivity contribution is 5.05. The van der Waals surface area contributed by atoms with Gasteiger partial charge in [0.2, 0.25) is 0 Å². The third-order valence-corrected chi connectivity index (χ3v) is 3.20. The van der Waals surface area contributed by atoms with Crippen LogP contribution < -0.4 is 5.73 Å². The van der Waals surface area contributed by atoms with Gasteiger partial charge in [-0.05, 0) is 19.3 Å². The number of rotatable bonds is 2. The van der Waals surface area contributed by atoms with Gasteiger partial charge in [-0.1, -0.05) is 0 Å². The van der Waals surface area contributed by atoms with Gasteiger partial charge < -0.3 is 15.6 Å². The molecule has 1 aliphatic carbocycles. The quantitative estimate of drug-likeness (QED) is 0.587. The molecule has 11 heavy (non-hydrogen) atoms. The van der Waals surface area contributed by atoms with Crippen LogP contribution in [0.4, 0.5) is 0 Å². The van der Waals surface area contributed by atoms with Gasteiger partial charge >= 0.3 is 0 Å². The van der Waals surface area contributed by atoms with E-state index in [1.807, 2.05) is 0 Å². The van der Waals surface area contributed by atoms with E-state index in [-0.39, 0.29) is 17.6 Å². The van der Waals surface area contributed by atoms with E-state index in [1.165, 1.54) is 0 Å². The lowest BCUT2D eigenvalue weighted by atomic mass is 9.89. The summed E-state index contributed by atoms with van der Waals surface area (Å²) in [6.07, 6.45) is 3.08. The van der Waals surface area contributed by atoms with Crippen molar-refractivity contribution in [1.82, 2.24) is 0 Å². The van der Waals surface area contributed by atoms with Crippen LogP contribution in [0, 0.1) is 5.41 Å². The van der Waals surface area contributed by atoms with Gasteiger partial charge in [0, 0.05) is 12.0 Å². The molecule has 3 nitrogen and oxygen atoms in total. The molecule has 1 heterocycles. The molecule has 2 fully saturated rings. The molecule has 64 valence electrons. The monoisotopic (exact) mass is 157 g/mol. The first kappa shape index (κ1) is 7.53. The molecular formula is C8H15NO2. The highest BCUT2D eigenvalue weighted by Gasteiger charge is 2.54. The molecule has 2 unspecified atom stereocenters. The molecule has 0 aromatic heterocycles. The Kier molecular flexibility index (Phi) is 1.50. The van der Waals surface area contributed by atoms with Crippen molar-refractivity contribution in [2.24, 2.45) is 11.1 Å². The average molecular weight is 157 g/mol. The summed E-state index contributed by atoms with van der Waals surface area (Å²) in [5, 5.41) is 9.13. The zero-order chi connectivity index (χ0) is 7.95. The van der Waals surface area contributed by atoms with E-state index in [4.69, 9.17) is 15.6 Å². The first-order valence-corrected chi connectivity index (χ1v) is 4.19. The molecular weight excluding hydrogens is 142 g/mol. The maximum Gasteiger partial charge on any atom is 0.0811 e. The summed E-state index contributed by atoms with van der Waals surface area (Å²) in [7, 11) is 0. The van der Waals surface area contributed by atoms with Crippen LogP contribution in [0.5, 0.6) is 0 Å². The minimum absolute atomic E-state index is 0.0667. The first-order valence-electron chi connectivity index (χ1n) is 4.19. The lowest BCUT2D eigenvalue weighted by Gasteiger charge is -2.26. The van der Waals surface area contributed by atoms with E-state index in [9.17, 15) is 0 Å². The Labute approximate surface area is 66.5 Å². The number of aliphatic hydroxyl groups excluding tert-OH is 1. The van der Waals surface area contributed by atoms with Gasteiger partial charge in [0.1, 0.15) is 0 Å². The van der Waals surface area contributed by atoms with Crippen LogP contribution in [0.3, 0.4) is 0 Å². The summed E-state index contributed by atoms with van der Waals surface area (Å²) in [5.74, 6) is 0. The molecule has 0 amide bonds. The molecule has 2 aliphatic rings. The van der Waals surface area contributed by atoms with Gasteiger partial charge in [0.05, 0.1) is 18.8 Å². The van der Waals surface area contributed by atoms with E-state index >= 15 is 0 Å². The van der Waals surface area contributed by atoms with Crippen LogP contribution >= 0.6 is 0 Å². The Morgan fingerprint density at radius 1 is 1.45 bits per heavy atom. The number of aliphatic hydroxyl groups is 1. The minimum Gasteiger partial charge on any atom is -0.396 e. The van der Waals surface area contributed by atoms with Crippen molar-refractivity contribution in [2.45, 2.75) is 24.9 Å². The first-order chi connectivity index (χ1) is 5.24. The van der Waals surface area contributed by atoms with Crippen LogP contribution in [0.15, 0.2) is 0 Å².